The summed E-state index contributed by atoms with van der Waals surface area (Å²) in [6, 6.07) is 1.87. The third kappa shape index (κ3) is 2.23. The van der Waals surface area contributed by atoms with E-state index < -0.39 is 13.0 Å². The smallest absolute Gasteiger partial charge is 0.289 e. The molecule has 0 N–H and O–H groups in total. The van der Waals surface area contributed by atoms with Gasteiger partial charge in [-0.3, -0.25) is 14.1 Å². The van der Waals surface area contributed by atoms with Crippen molar-refractivity contribution in [1.29, 1.82) is 0 Å². The van der Waals surface area contributed by atoms with Gasteiger partial charge in [0.25, 0.3) is 6.43 Å². The quantitative estimate of drug-likeness (QED) is 0.867. The summed E-state index contributed by atoms with van der Waals surface area (Å²) in [5.41, 5.74) is 0.890. The summed E-state index contributed by atoms with van der Waals surface area (Å²) in [6.07, 6.45) is 5.80. The Morgan fingerprint density at radius 2 is 2.00 bits per heavy atom. The second kappa shape index (κ2) is 5.34. The van der Waals surface area contributed by atoms with Crippen LogP contribution in [0.1, 0.15) is 38.1 Å². The fourth-order valence-electron chi connectivity index (χ4n) is 3.13. The molecule has 0 spiro atoms. The fourth-order valence-corrected chi connectivity index (χ4v) is 3.13. The summed E-state index contributed by atoms with van der Waals surface area (Å²) in [7, 11) is 0. The van der Waals surface area contributed by atoms with Crippen LogP contribution in [0.5, 0.6) is 0 Å². The number of imidazole rings is 1. The van der Waals surface area contributed by atoms with Crippen molar-refractivity contribution in [3.63, 3.8) is 0 Å². The zero-order valence-corrected chi connectivity index (χ0v) is 11.1. The molecule has 0 aliphatic heterocycles. The first-order valence-corrected chi connectivity index (χ1v) is 7.01. The van der Waals surface area contributed by atoms with Crippen LogP contribution >= 0.6 is 0 Å². The minimum Gasteiger partial charge on any atom is -0.289 e. The number of aromatic nitrogens is 3. The number of hydrogen-bond donors (Lipinski definition) is 0. The minimum atomic E-state index is -2.54. The van der Waals surface area contributed by atoms with Crippen molar-refractivity contribution in [1.82, 2.24) is 14.1 Å². The predicted octanol–water partition coefficient (Wildman–Crippen LogP) is 2.97. The molecule has 0 bridgehead atoms. The van der Waals surface area contributed by atoms with E-state index in [-0.39, 0.29) is 11.7 Å². The van der Waals surface area contributed by atoms with Crippen molar-refractivity contribution in [3.8, 4) is 0 Å². The molecule has 1 aliphatic rings. The van der Waals surface area contributed by atoms with Gasteiger partial charge in [0.05, 0.1) is 23.8 Å². The Balaban J connectivity index is 2.15. The summed E-state index contributed by atoms with van der Waals surface area (Å²) in [5.74, 6) is 0. The normalized spacial score (nSPS) is 17.1. The molecule has 6 heteroatoms. The van der Waals surface area contributed by atoms with Crippen LogP contribution in [0.4, 0.5) is 8.78 Å². The lowest BCUT2D eigenvalue weighted by molar-refractivity contribution is 0.126. The Bertz CT molecular complexity index is 656. The van der Waals surface area contributed by atoms with Gasteiger partial charge in [0, 0.05) is 12.2 Å². The SMILES string of the molecule is O=c1n(CC(F)F)c2cnccc2n1C1CCCCC1. The highest BCUT2D eigenvalue weighted by molar-refractivity contribution is 5.75. The van der Waals surface area contributed by atoms with Crippen molar-refractivity contribution in [3.05, 3.63) is 28.9 Å². The molecule has 0 atom stereocenters. The molecular formula is C14H17F2N3O. The van der Waals surface area contributed by atoms with Crippen molar-refractivity contribution in [2.75, 3.05) is 0 Å². The van der Waals surface area contributed by atoms with E-state index >= 15 is 0 Å². The van der Waals surface area contributed by atoms with Gasteiger partial charge in [0.15, 0.2) is 0 Å². The van der Waals surface area contributed by atoms with E-state index in [4.69, 9.17) is 0 Å². The summed E-state index contributed by atoms with van der Waals surface area (Å²) in [6.45, 7) is -0.569. The maximum absolute atomic E-state index is 12.7. The Morgan fingerprint density at radius 3 is 2.70 bits per heavy atom. The van der Waals surface area contributed by atoms with E-state index in [9.17, 15) is 13.6 Å². The topological polar surface area (TPSA) is 39.8 Å². The van der Waals surface area contributed by atoms with Gasteiger partial charge in [-0.05, 0) is 18.9 Å². The van der Waals surface area contributed by atoms with Crippen molar-refractivity contribution in [2.24, 2.45) is 0 Å². The molecule has 2 aromatic heterocycles. The summed E-state index contributed by atoms with van der Waals surface area (Å²) < 4.78 is 28.2. The first-order chi connectivity index (χ1) is 9.68. The van der Waals surface area contributed by atoms with Crippen LogP contribution in [-0.2, 0) is 6.54 Å². The molecule has 0 unspecified atom stereocenters. The predicted molar refractivity (Wildman–Crippen MR) is 72.1 cm³/mol. The van der Waals surface area contributed by atoms with Crippen molar-refractivity contribution in [2.45, 2.75) is 51.1 Å². The number of rotatable bonds is 3. The second-order valence-electron chi connectivity index (χ2n) is 5.31. The minimum absolute atomic E-state index is 0.125. The highest BCUT2D eigenvalue weighted by atomic mass is 19.3. The summed E-state index contributed by atoms with van der Waals surface area (Å²) >= 11 is 0. The molecule has 0 amide bonds. The van der Waals surface area contributed by atoms with Gasteiger partial charge in [-0.1, -0.05) is 19.3 Å². The Morgan fingerprint density at radius 1 is 1.25 bits per heavy atom. The lowest BCUT2D eigenvalue weighted by Gasteiger charge is -2.22. The highest BCUT2D eigenvalue weighted by Gasteiger charge is 2.23. The van der Waals surface area contributed by atoms with Crippen LogP contribution in [0.3, 0.4) is 0 Å². The number of halogens is 2. The van der Waals surface area contributed by atoms with E-state index in [2.05, 4.69) is 4.98 Å². The largest absolute Gasteiger partial charge is 0.329 e. The van der Waals surface area contributed by atoms with Gasteiger partial charge in [-0.2, -0.15) is 0 Å². The molecule has 20 heavy (non-hydrogen) atoms. The first kappa shape index (κ1) is 13.3. The second-order valence-corrected chi connectivity index (χ2v) is 5.31. The number of alkyl halides is 2. The third-order valence-corrected chi connectivity index (χ3v) is 4.03. The van der Waals surface area contributed by atoms with E-state index in [1.165, 1.54) is 12.6 Å². The standard InChI is InChI=1S/C14H17F2N3O/c15-13(16)9-18-12-8-17-7-6-11(12)19(14(18)20)10-4-2-1-3-5-10/h6-8,10,13H,1-5,9H2. The molecular weight excluding hydrogens is 264 g/mol. The van der Waals surface area contributed by atoms with Gasteiger partial charge in [0.2, 0.25) is 0 Å². The van der Waals surface area contributed by atoms with Crippen molar-refractivity contribution < 1.29 is 8.78 Å². The van der Waals surface area contributed by atoms with Crippen LogP contribution in [0.15, 0.2) is 23.3 Å². The molecule has 0 saturated heterocycles. The van der Waals surface area contributed by atoms with E-state index in [1.54, 1.807) is 16.8 Å². The Kier molecular flexibility index (Phi) is 3.54. The van der Waals surface area contributed by atoms with E-state index in [1.807, 2.05) is 0 Å². The average Bonchev–Trinajstić information content (AvgIpc) is 2.72. The number of pyridine rings is 1. The third-order valence-electron chi connectivity index (χ3n) is 4.03. The highest BCUT2D eigenvalue weighted by Crippen LogP contribution is 2.29. The van der Waals surface area contributed by atoms with Crippen molar-refractivity contribution >= 4 is 11.0 Å². The van der Waals surface area contributed by atoms with Gasteiger partial charge in [-0.25, -0.2) is 13.6 Å². The number of fused-ring (bicyclic) bond motifs is 1. The average molecular weight is 281 g/mol. The maximum atomic E-state index is 12.7. The van der Waals surface area contributed by atoms with Gasteiger partial charge < -0.3 is 0 Å². The van der Waals surface area contributed by atoms with E-state index in [0.717, 1.165) is 35.8 Å². The van der Waals surface area contributed by atoms with Gasteiger partial charge in [-0.15, -0.1) is 0 Å². The van der Waals surface area contributed by atoms with Crippen LogP contribution < -0.4 is 5.69 Å². The molecule has 108 valence electrons. The molecule has 1 saturated carbocycles. The van der Waals surface area contributed by atoms with E-state index in [0.29, 0.717) is 5.52 Å². The Labute approximate surface area is 115 Å². The molecule has 4 nitrogen and oxygen atoms in total. The summed E-state index contributed by atoms with van der Waals surface area (Å²) in [5, 5.41) is 0. The fraction of sp³-hybridized carbons (Fsp3) is 0.571. The molecule has 2 aromatic rings. The zero-order chi connectivity index (χ0) is 14.1. The lowest BCUT2D eigenvalue weighted by atomic mass is 9.95. The molecule has 3 rings (SSSR count). The maximum Gasteiger partial charge on any atom is 0.329 e. The molecule has 0 radical (unpaired) electrons. The molecule has 1 aliphatic carbocycles. The van der Waals surface area contributed by atoms with Crippen LogP contribution in [0, 0.1) is 0 Å². The molecule has 2 heterocycles. The zero-order valence-electron chi connectivity index (χ0n) is 11.1. The monoisotopic (exact) mass is 281 g/mol. The van der Waals surface area contributed by atoms with Gasteiger partial charge >= 0.3 is 5.69 Å². The Hall–Kier alpha value is -1.72. The number of hydrogen-bond acceptors (Lipinski definition) is 2. The van der Waals surface area contributed by atoms with Gasteiger partial charge in [0.1, 0.15) is 0 Å². The summed E-state index contributed by atoms with van der Waals surface area (Å²) in [4.78, 5) is 16.5. The van der Waals surface area contributed by atoms with Crippen LogP contribution in [0.2, 0.25) is 0 Å². The van der Waals surface area contributed by atoms with Crippen LogP contribution in [0.25, 0.3) is 11.0 Å². The number of nitrogens with zero attached hydrogens (tertiary/aromatic N) is 3. The lowest BCUT2D eigenvalue weighted by Crippen LogP contribution is -2.30. The molecule has 0 aromatic carbocycles. The van der Waals surface area contributed by atoms with Crippen LogP contribution in [-0.4, -0.2) is 20.5 Å². The molecule has 1 fully saturated rings. The first-order valence-electron chi connectivity index (χ1n) is 7.01.